The number of fused-ring (bicyclic) bond motifs is 1. The van der Waals surface area contributed by atoms with Gasteiger partial charge in [-0.3, -0.25) is 9.59 Å². The molecule has 0 spiro atoms. The molecule has 6 saturated carbocycles. The summed E-state index contributed by atoms with van der Waals surface area (Å²) in [5.41, 5.74) is 0.314. The van der Waals surface area contributed by atoms with E-state index in [1.54, 1.807) is 0 Å². The SMILES string of the molecule is O=C(O)[C@@H]1[C@H]2C=C[C@@H]([C@@H]3C[C@H]23)[C@@H]1C(=O)NCC12CC3CC(CC(C3)C1)C2. The number of carbonyl (C=O) groups excluding carboxylic acids is 1. The highest BCUT2D eigenvalue weighted by Crippen LogP contribution is 2.64. The lowest BCUT2D eigenvalue weighted by molar-refractivity contribution is -0.153. The van der Waals surface area contributed by atoms with Gasteiger partial charge < -0.3 is 10.4 Å². The second-order valence-corrected chi connectivity index (χ2v) is 10.6. The largest absolute Gasteiger partial charge is 0.481 e. The molecule has 0 aliphatic heterocycles. The summed E-state index contributed by atoms with van der Waals surface area (Å²) in [6, 6.07) is 0. The summed E-state index contributed by atoms with van der Waals surface area (Å²) in [4.78, 5) is 25.1. The molecule has 8 rings (SSSR count). The van der Waals surface area contributed by atoms with E-state index < -0.39 is 11.9 Å². The lowest BCUT2D eigenvalue weighted by Gasteiger charge is -2.57. The number of carboxylic acid groups (broad SMARTS) is 1. The van der Waals surface area contributed by atoms with Crippen LogP contribution in [0.15, 0.2) is 12.2 Å². The molecule has 6 atom stereocenters. The normalized spacial score (nSPS) is 54.8. The van der Waals surface area contributed by atoms with Crippen LogP contribution >= 0.6 is 0 Å². The zero-order valence-electron chi connectivity index (χ0n) is 15.3. The molecule has 2 N–H and O–H groups in total. The molecular weight excluding hydrogens is 326 g/mol. The van der Waals surface area contributed by atoms with E-state index in [1.807, 2.05) is 0 Å². The number of amides is 1. The number of allylic oxidation sites excluding steroid dienone is 2. The van der Waals surface area contributed by atoms with Crippen molar-refractivity contribution in [1.29, 1.82) is 0 Å². The van der Waals surface area contributed by atoms with Crippen LogP contribution in [0.1, 0.15) is 44.9 Å². The van der Waals surface area contributed by atoms with Crippen molar-refractivity contribution in [3.05, 3.63) is 12.2 Å². The highest BCUT2D eigenvalue weighted by atomic mass is 16.4. The van der Waals surface area contributed by atoms with Crippen molar-refractivity contribution in [3.63, 3.8) is 0 Å². The molecule has 4 nitrogen and oxygen atoms in total. The maximum Gasteiger partial charge on any atom is 0.307 e. The summed E-state index contributed by atoms with van der Waals surface area (Å²) in [5.74, 6) is 2.37. The predicted octanol–water partition coefficient (Wildman–Crippen LogP) is 3.09. The molecule has 26 heavy (non-hydrogen) atoms. The number of hydrogen-bond donors (Lipinski definition) is 2. The second-order valence-electron chi connectivity index (χ2n) is 10.6. The first-order valence-electron chi connectivity index (χ1n) is 10.7. The molecule has 140 valence electrons. The molecular formula is C22H29NO3. The van der Waals surface area contributed by atoms with Crippen LogP contribution in [0.3, 0.4) is 0 Å². The maximum atomic E-state index is 13.2. The Morgan fingerprint density at radius 1 is 0.885 bits per heavy atom. The van der Waals surface area contributed by atoms with Gasteiger partial charge in [0, 0.05) is 6.54 Å². The minimum Gasteiger partial charge on any atom is -0.481 e. The third kappa shape index (κ3) is 2.13. The van der Waals surface area contributed by atoms with Crippen LogP contribution in [-0.4, -0.2) is 23.5 Å². The molecule has 8 aliphatic carbocycles. The van der Waals surface area contributed by atoms with Crippen molar-refractivity contribution < 1.29 is 14.7 Å². The van der Waals surface area contributed by atoms with Gasteiger partial charge >= 0.3 is 5.97 Å². The van der Waals surface area contributed by atoms with Gasteiger partial charge in [0.25, 0.3) is 0 Å². The Bertz CT molecular complexity index is 662. The van der Waals surface area contributed by atoms with Gasteiger partial charge in [-0.2, -0.15) is 0 Å². The fourth-order valence-corrected chi connectivity index (χ4v) is 8.47. The lowest BCUT2D eigenvalue weighted by atomic mass is 9.49. The predicted molar refractivity (Wildman–Crippen MR) is 95.9 cm³/mol. The van der Waals surface area contributed by atoms with Gasteiger partial charge in [0.15, 0.2) is 0 Å². The summed E-state index contributed by atoms with van der Waals surface area (Å²) in [5, 5.41) is 13.1. The summed E-state index contributed by atoms with van der Waals surface area (Å²) in [6.07, 6.45) is 13.4. The summed E-state index contributed by atoms with van der Waals surface area (Å²) >= 11 is 0. The molecule has 0 heterocycles. The first-order valence-corrected chi connectivity index (χ1v) is 10.7. The van der Waals surface area contributed by atoms with Crippen LogP contribution < -0.4 is 5.32 Å². The third-order valence-electron chi connectivity index (χ3n) is 9.04. The van der Waals surface area contributed by atoms with Gasteiger partial charge in [-0.15, -0.1) is 0 Å². The molecule has 1 amide bonds. The van der Waals surface area contributed by atoms with E-state index in [4.69, 9.17) is 0 Å². The molecule has 6 bridgehead atoms. The summed E-state index contributed by atoms with van der Waals surface area (Å²) in [6.45, 7) is 0.785. The Balaban J connectivity index is 1.19. The third-order valence-corrected chi connectivity index (χ3v) is 9.04. The van der Waals surface area contributed by atoms with Crippen molar-refractivity contribution in [2.75, 3.05) is 6.54 Å². The van der Waals surface area contributed by atoms with Crippen LogP contribution in [0.4, 0.5) is 0 Å². The Morgan fingerprint density at radius 2 is 1.42 bits per heavy atom. The lowest BCUT2D eigenvalue weighted by Crippen LogP contribution is -2.54. The van der Waals surface area contributed by atoms with Crippen molar-refractivity contribution in [3.8, 4) is 0 Å². The number of nitrogens with one attached hydrogen (secondary N) is 1. The van der Waals surface area contributed by atoms with Crippen molar-refractivity contribution in [1.82, 2.24) is 5.32 Å². The fourth-order valence-electron chi connectivity index (χ4n) is 8.47. The Hall–Kier alpha value is -1.32. The standard InChI is InChI=1S/C22H29NO3/c24-20(18-14-1-2-15(17-6-16(14)17)19(18)21(25)26)23-10-22-7-11-3-12(8-22)5-13(4-11)9-22/h1-2,11-19H,3-10H2,(H,23,24)(H,25,26)/t11?,12?,13?,14-,15-,16-,17+,18-,19+,22?/m0/s1. The van der Waals surface area contributed by atoms with Crippen molar-refractivity contribution in [2.45, 2.75) is 44.9 Å². The van der Waals surface area contributed by atoms with Gasteiger partial charge in [0.05, 0.1) is 11.8 Å². The van der Waals surface area contributed by atoms with Gasteiger partial charge in [0.1, 0.15) is 0 Å². The highest BCUT2D eigenvalue weighted by Gasteiger charge is 2.63. The molecule has 0 aromatic rings. The van der Waals surface area contributed by atoms with Crippen molar-refractivity contribution in [2.24, 2.45) is 58.7 Å². The Labute approximate surface area is 154 Å². The van der Waals surface area contributed by atoms with Gasteiger partial charge in [-0.25, -0.2) is 0 Å². The Kier molecular flexibility index (Phi) is 3.11. The average molecular weight is 355 g/mol. The average Bonchev–Trinajstić information content (AvgIpc) is 3.40. The van der Waals surface area contributed by atoms with E-state index >= 15 is 0 Å². The topological polar surface area (TPSA) is 66.4 Å². The quantitative estimate of drug-likeness (QED) is 0.762. The number of carboxylic acids is 1. The van der Waals surface area contributed by atoms with Crippen LogP contribution in [0.2, 0.25) is 0 Å². The first-order chi connectivity index (χ1) is 12.5. The maximum absolute atomic E-state index is 13.2. The molecule has 0 radical (unpaired) electrons. The molecule has 8 aliphatic rings. The smallest absolute Gasteiger partial charge is 0.307 e. The van der Waals surface area contributed by atoms with E-state index in [9.17, 15) is 14.7 Å². The van der Waals surface area contributed by atoms with Gasteiger partial charge in [0.2, 0.25) is 5.91 Å². The molecule has 0 saturated heterocycles. The van der Waals surface area contributed by atoms with Crippen LogP contribution in [0.5, 0.6) is 0 Å². The highest BCUT2D eigenvalue weighted by molar-refractivity contribution is 5.86. The minimum atomic E-state index is -0.773. The van der Waals surface area contributed by atoms with E-state index in [-0.39, 0.29) is 23.7 Å². The zero-order chi connectivity index (χ0) is 17.6. The van der Waals surface area contributed by atoms with E-state index in [2.05, 4.69) is 17.5 Å². The summed E-state index contributed by atoms with van der Waals surface area (Å²) in [7, 11) is 0. The number of rotatable bonds is 4. The van der Waals surface area contributed by atoms with Crippen LogP contribution in [0, 0.1) is 58.7 Å². The van der Waals surface area contributed by atoms with E-state index in [1.165, 1.54) is 38.5 Å². The zero-order valence-corrected chi connectivity index (χ0v) is 15.3. The fraction of sp³-hybridized carbons (Fsp3) is 0.818. The van der Waals surface area contributed by atoms with Gasteiger partial charge in [-0.1, -0.05) is 12.2 Å². The monoisotopic (exact) mass is 355 g/mol. The first kappa shape index (κ1) is 15.7. The summed E-state index contributed by atoms with van der Waals surface area (Å²) < 4.78 is 0. The molecule has 4 heteroatoms. The van der Waals surface area contributed by atoms with E-state index in [0.29, 0.717) is 17.3 Å². The molecule has 0 unspecified atom stereocenters. The second kappa shape index (κ2) is 5.14. The van der Waals surface area contributed by atoms with E-state index in [0.717, 1.165) is 30.7 Å². The van der Waals surface area contributed by atoms with Gasteiger partial charge in [-0.05, 0) is 91.8 Å². The number of hydrogen-bond acceptors (Lipinski definition) is 2. The number of carbonyl (C=O) groups is 2. The Morgan fingerprint density at radius 3 is 1.96 bits per heavy atom. The van der Waals surface area contributed by atoms with Crippen molar-refractivity contribution >= 4 is 11.9 Å². The molecule has 6 fully saturated rings. The number of aliphatic carboxylic acids is 1. The van der Waals surface area contributed by atoms with Crippen LogP contribution in [-0.2, 0) is 9.59 Å². The van der Waals surface area contributed by atoms with Crippen LogP contribution in [0.25, 0.3) is 0 Å². The molecule has 0 aromatic heterocycles. The minimum absolute atomic E-state index is 0.0258. The molecule has 0 aromatic carbocycles.